The zero-order valence-corrected chi connectivity index (χ0v) is 9.90. The van der Waals surface area contributed by atoms with E-state index in [0.29, 0.717) is 6.54 Å². The average Bonchev–Trinajstić information content (AvgIpc) is 2.60. The molecule has 0 radical (unpaired) electrons. The second kappa shape index (κ2) is 4.31. The van der Waals surface area contributed by atoms with Crippen molar-refractivity contribution in [2.24, 2.45) is 5.73 Å². The van der Waals surface area contributed by atoms with Gasteiger partial charge in [-0.1, -0.05) is 23.7 Å². The maximum absolute atomic E-state index is 5.95. The van der Waals surface area contributed by atoms with Gasteiger partial charge in [-0.25, -0.2) is 4.98 Å². The molecule has 0 saturated heterocycles. The molecular formula is C11H11ClN2S. The van der Waals surface area contributed by atoms with Gasteiger partial charge >= 0.3 is 0 Å². The highest BCUT2D eigenvalue weighted by Gasteiger charge is 2.08. The van der Waals surface area contributed by atoms with Gasteiger partial charge < -0.3 is 5.73 Å². The smallest absolute Gasteiger partial charge is 0.107 e. The van der Waals surface area contributed by atoms with E-state index in [1.54, 1.807) is 11.3 Å². The first kappa shape index (κ1) is 10.6. The van der Waals surface area contributed by atoms with Gasteiger partial charge in [0.2, 0.25) is 0 Å². The number of aryl methyl sites for hydroxylation is 1. The number of nitrogens with zero attached hydrogens (tertiary/aromatic N) is 1. The van der Waals surface area contributed by atoms with Crippen molar-refractivity contribution in [1.82, 2.24) is 4.98 Å². The Kier molecular flexibility index (Phi) is 3.05. The summed E-state index contributed by atoms with van der Waals surface area (Å²) >= 11 is 7.57. The first-order chi connectivity index (χ1) is 7.20. The Hall–Kier alpha value is -0.900. The van der Waals surface area contributed by atoms with Crippen molar-refractivity contribution in [2.75, 3.05) is 0 Å². The molecule has 4 heteroatoms. The summed E-state index contributed by atoms with van der Waals surface area (Å²) in [7, 11) is 0. The molecule has 2 rings (SSSR count). The standard InChI is InChI=1S/C11H11ClN2S/c1-7-11(15-10(6-13)14-7)8-3-2-4-9(12)5-8/h2-5H,6,13H2,1H3. The van der Waals surface area contributed by atoms with E-state index < -0.39 is 0 Å². The minimum absolute atomic E-state index is 0.492. The molecule has 1 heterocycles. The van der Waals surface area contributed by atoms with Crippen LogP contribution in [0.1, 0.15) is 10.7 Å². The van der Waals surface area contributed by atoms with Crippen LogP contribution in [0.25, 0.3) is 10.4 Å². The van der Waals surface area contributed by atoms with Crippen molar-refractivity contribution in [3.63, 3.8) is 0 Å². The van der Waals surface area contributed by atoms with Crippen LogP contribution in [0.15, 0.2) is 24.3 Å². The van der Waals surface area contributed by atoms with Crippen LogP contribution < -0.4 is 5.73 Å². The van der Waals surface area contributed by atoms with Gasteiger partial charge in [-0.3, -0.25) is 0 Å². The summed E-state index contributed by atoms with van der Waals surface area (Å²) in [6.07, 6.45) is 0. The minimum Gasteiger partial charge on any atom is -0.325 e. The second-order valence-electron chi connectivity index (χ2n) is 3.24. The zero-order chi connectivity index (χ0) is 10.8. The number of aromatic nitrogens is 1. The molecule has 0 saturated carbocycles. The monoisotopic (exact) mass is 238 g/mol. The summed E-state index contributed by atoms with van der Waals surface area (Å²) in [5.41, 5.74) is 7.69. The van der Waals surface area contributed by atoms with E-state index in [0.717, 1.165) is 26.2 Å². The van der Waals surface area contributed by atoms with Crippen molar-refractivity contribution in [3.8, 4) is 10.4 Å². The molecule has 15 heavy (non-hydrogen) atoms. The van der Waals surface area contributed by atoms with Crippen LogP contribution in [0.3, 0.4) is 0 Å². The molecule has 0 aliphatic carbocycles. The van der Waals surface area contributed by atoms with Gasteiger partial charge in [0, 0.05) is 11.6 Å². The molecular weight excluding hydrogens is 228 g/mol. The number of nitrogens with two attached hydrogens (primary N) is 1. The van der Waals surface area contributed by atoms with E-state index in [1.165, 1.54) is 0 Å². The number of rotatable bonds is 2. The van der Waals surface area contributed by atoms with Crippen LogP contribution in [-0.2, 0) is 6.54 Å². The normalized spacial score (nSPS) is 10.6. The lowest BCUT2D eigenvalue weighted by atomic mass is 10.2. The molecule has 1 aromatic heterocycles. The third-order valence-corrected chi connectivity index (χ3v) is 3.57. The highest BCUT2D eigenvalue weighted by atomic mass is 35.5. The second-order valence-corrected chi connectivity index (χ2v) is 4.76. The predicted molar refractivity (Wildman–Crippen MR) is 65.2 cm³/mol. The van der Waals surface area contributed by atoms with Crippen LogP contribution in [0.4, 0.5) is 0 Å². The maximum atomic E-state index is 5.95. The SMILES string of the molecule is Cc1nc(CN)sc1-c1cccc(Cl)c1. The predicted octanol–water partition coefficient (Wildman–Crippen LogP) is 3.23. The van der Waals surface area contributed by atoms with E-state index in [-0.39, 0.29) is 0 Å². The highest BCUT2D eigenvalue weighted by Crippen LogP contribution is 2.31. The van der Waals surface area contributed by atoms with Crippen LogP contribution in [0, 0.1) is 6.92 Å². The third kappa shape index (κ3) is 2.20. The van der Waals surface area contributed by atoms with Gasteiger partial charge in [0.05, 0.1) is 10.6 Å². The van der Waals surface area contributed by atoms with Crippen LogP contribution in [0.2, 0.25) is 5.02 Å². The number of hydrogen-bond donors (Lipinski definition) is 1. The lowest BCUT2D eigenvalue weighted by Crippen LogP contribution is -1.94. The van der Waals surface area contributed by atoms with E-state index in [9.17, 15) is 0 Å². The van der Waals surface area contributed by atoms with Gasteiger partial charge in [0.1, 0.15) is 5.01 Å². The molecule has 0 bridgehead atoms. The van der Waals surface area contributed by atoms with Crippen molar-refractivity contribution in [2.45, 2.75) is 13.5 Å². The molecule has 0 amide bonds. The quantitative estimate of drug-likeness (QED) is 0.873. The van der Waals surface area contributed by atoms with Crippen LogP contribution in [-0.4, -0.2) is 4.98 Å². The largest absolute Gasteiger partial charge is 0.325 e. The van der Waals surface area contributed by atoms with Crippen molar-refractivity contribution >= 4 is 22.9 Å². The van der Waals surface area contributed by atoms with Crippen molar-refractivity contribution in [1.29, 1.82) is 0 Å². The summed E-state index contributed by atoms with van der Waals surface area (Å²) in [4.78, 5) is 5.54. The van der Waals surface area contributed by atoms with E-state index in [4.69, 9.17) is 17.3 Å². The van der Waals surface area contributed by atoms with Gasteiger partial charge in [0.15, 0.2) is 0 Å². The molecule has 0 unspecified atom stereocenters. The summed E-state index contributed by atoms with van der Waals surface area (Å²) < 4.78 is 0. The van der Waals surface area contributed by atoms with Gasteiger partial charge in [-0.05, 0) is 24.6 Å². The topological polar surface area (TPSA) is 38.9 Å². The Morgan fingerprint density at radius 3 is 2.87 bits per heavy atom. The number of benzene rings is 1. The molecule has 2 nitrogen and oxygen atoms in total. The maximum Gasteiger partial charge on any atom is 0.107 e. The molecule has 0 atom stereocenters. The third-order valence-electron chi connectivity index (χ3n) is 2.10. The van der Waals surface area contributed by atoms with Crippen LogP contribution in [0.5, 0.6) is 0 Å². The summed E-state index contributed by atoms with van der Waals surface area (Å²) in [6.45, 7) is 2.48. The average molecular weight is 239 g/mol. The summed E-state index contributed by atoms with van der Waals surface area (Å²) in [5.74, 6) is 0. The summed E-state index contributed by atoms with van der Waals surface area (Å²) in [6, 6.07) is 7.79. The molecule has 0 aliphatic heterocycles. The Morgan fingerprint density at radius 1 is 1.47 bits per heavy atom. The molecule has 2 aromatic rings. The molecule has 78 valence electrons. The van der Waals surface area contributed by atoms with Crippen molar-refractivity contribution in [3.05, 3.63) is 40.0 Å². The number of hydrogen-bond acceptors (Lipinski definition) is 3. The first-order valence-electron chi connectivity index (χ1n) is 4.63. The fourth-order valence-electron chi connectivity index (χ4n) is 1.44. The number of halogens is 1. The van der Waals surface area contributed by atoms with E-state index in [2.05, 4.69) is 4.98 Å². The lowest BCUT2D eigenvalue weighted by Gasteiger charge is -1.98. The minimum atomic E-state index is 0.492. The van der Waals surface area contributed by atoms with Gasteiger partial charge in [-0.2, -0.15) is 0 Å². The molecule has 1 aromatic carbocycles. The van der Waals surface area contributed by atoms with Gasteiger partial charge in [0.25, 0.3) is 0 Å². The molecule has 0 fully saturated rings. The first-order valence-corrected chi connectivity index (χ1v) is 5.82. The Bertz CT molecular complexity index is 479. The lowest BCUT2D eigenvalue weighted by molar-refractivity contribution is 1.02. The molecule has 0 spiro atoms. The Morgan fingerprint density at radius 2 is 2.27 bits per heavy atom. The van der Waals surface area contributed by atoms with E-state index in [1.807, 2.05) is 31.2 Å². The molecule has 0 aliphatic rings. The molecule has 2 N–H and O–H groups in total. The van der Waals surface area contributed by atoms with Gasteiger partial charge in [-0.15, -0.1) is 11.3 Å². The Balaban J connectivity index is 2.48. The highest BCUT2D eigenvalue weighted by molar-refractivity contribution is 7.15. The van der Waals surface area contributed by atoms with E-state index >= 15 is 0 Å². The Labute approximate surface area is 97.7 Å². The fraction of sp³-hybridized carbons (Fsp3) is 0.182. The van der Waals surface area contributed by atoms with Crippen molar-refractivity contribution < 1.29 is 0 Å². The summed E-state index contributed by atoms with van der Waals surface area (Å²) in [5, 5.41) is 1.71. The number of thiazole rings is 1. The fourth-order valence-corrected chi connectivity index (χ4v) is 2.57. The zero-order valence-electron chi connectivity index (χ0n) is 8.33. The van der Waals surface area contributed by atoms with Crippen LogP contribution >= 0.6 is 22.9 Å².